The monoisotopic (exact) mass is 319 g/mol. The normalized spacial score (nSPS) is 11.9. The van der Waals surface area contributed by atoms with Crippen LogP contribution in [0.5, 0.6) is 0 Å². The minimum absolute atomic E-state index is 0.304. The number of aryl methyl sites for hydroxylation is 1. The van der Waals surface area contributed by atoms with E-state index in [9.17, 15) is 4.39 Å². The predicted molar refractivity (Wildman–Crippen MR) is 83.2 cm³/mol. The summed E-state index contributed by atoms with van der Waals surface area (Å²) < 4.78 is 14.9. The topological polar surface area (TPSA) is 30.2 Å². The van der Waals surface area contributed by atoms with Crippen molar-refractivity contribution < 1.29 is 4.39 Å². The first-order chi connectivity index (χ1) is 10.1. The van der Waals surface area contributed by atoms with Crippen LogP contribution in [0.2, 0.25) is 5.02 Å². The summed E-state index contributed by atoms with van der Waals surface area (Å²) in [5, 5.41) is 5.96. The lowest BCUT2D eigenvalue weighted by Gasteiger charge is -1.94. The van der Waals surface area contributed by atoms with Gasteiger partial charge in [-0.25, -0.2) is 14.1 Å². The second-order valence-corrected chi connectivity index (χ2v) is 5.80. The molecule has 0 aliphatic rings. The average molecular weight is 320 g/mol. The molecule has 21 heavy (non-hydrogen) atoms. The zero-order valence-electron chi connectivity index (χ0n) is 11.1. The van der Waals surface area contributed by atoms with Crippen LogP contribution in [0.15, 0.2) is 53.5 Å². The molecule has 3 rings (SSSR count). The number of nitrogens with zero attached hydrogens (tertiary/aromatic N) is 3. The Morgan fingerprint density at radius 2 is 1.95 bits per heavy atom. The Balaban J connectivity index is 2.03. The molecule has 0 saturated heterocycles. The summed E-state index contributed by atoms with van der Waals surface area (Å²) in [6, 6.07) is 13.6. The molecule has 0 unspecified atom stereocenters. The highest BCUT2D eigenvalue weighted by molar-refractivity contribution is 7.12. The van der Waals surface area contributed by atoms with Gasteiger partial charge in [0.15, 0.2) is 0 Å². The van der Waals surface area contributed by atoms with Crippen molar-refractivity contribution in [3.63, 3.8) is 0 Å². The SMILES string of the molecule is Cn1nc(-c2ccc(Cl)cc2)s/c1=N/c1cccc(F)c1. The van der Waals surface area contributed by atoms with E-state index in [2.05, 4.69) is 10.1 Å². The van der Waals surface area contributed by atoms with Gasteiger partial charge in [-0.2, -0.15) is 5.10 Å². The number of benzene rings is 2. The van der Waals surface area contributed by atoms with E-state index >= 15 is 0 Å². The molecule has 3 nitrogen and oxygen atoms in total. The Bertz CT molecular complexity index is 837. The summed E-state index contributed by atoms with van der Waals surface area (Å²) in [6.07, 6.45) is 0. The molecule has 0 spiro atoms. The molecule has 0 aliphatic heterocycles. The van der Waals surface area contributed by atoms with Crippen molar-refractivity contribution in [2.75, 3.05) is 0 Å². The highest BCUT2D eigenvalue weighted by atomic mass is 35.5. The van der Waals surface area contributed by atoms with Crippen LogP contribution < -0.4 is 4.80 Å². The quantitative estimate of drug-likeness (QED) is 0.697. The van der Waals surface area contributed by atoms with Gasteiger partial charge in [0.05, 0.1) is 5.69 Å². The lowest BCUT2D eigenvalue weighted by atomic mass is 10.2. The maximum Gasteiger partial charge on any atom is 0.208 e. The minimum Gasteiger partial charge on any atom is -0.241 e. The second-order valence-electron chi connectivity index (χ2n) is 4.41. The van der Waals surface area contributed by atoms with Gasteiger partial charge in [-0.1, -0.05) is 41.1 Å². The van der Waals surface area contributed by atoms with Gasteiger partial charge in [-0.3, -0.25) is 0 Å². The molecular formula is C15H11ClFN3S. The fraction of sp³-hybridized carbons (Fsp3) is 0.0667. The van der Waals surface area contributed by atoms with Gasteiger partial charge in [0.1, 0.15) is 10.8 Å². The van der Waals surface area contributed by atoms with E-state index in [1.807, 2.05) is 31.3 Å². The molecule has 0 aliphatic carbocycles. The molecule has 0 N–H and O–H groups in total. The maximum absolute atomic E-state index is 13.2. The number of hydrogen-bond donors (Lipinski definition) is 0. The first-order valence-electron chi connectivity index (χ1n) is 6.22. The lowest BCUT2D eigenvalue weighted by Crippen LogP contribution is -2.10. The van der Waals surface area contributed by atoms with E-state index in [4.69, 9.17) is 11.6 Å². The number of aromatic nitrogens is 2. The summed E-state index contributed by atoms with van der Waals surface area (Å²) in [5.41, 5.74) is 1.54. The molecule has 0 radical (unpaired) electrons. The Morgan fingerprint density at radius 3 is 2.67 bits per heavy atom. The van der Waals surface area contributed by atoms with Crippen molar-refractivity contribution in [1.82, 2.24) is 9.78 Å². The molecule has 0 amide bonds. The number of rotatable bonds is 2. The third-order valence-electron chi connectivity index (χ3n) is 2.83. The second kappa shape index (κ2) is 5.79. The molecule has 3 aromatic rings. The van der Waals surface area contributed by atoms with Crippen LogP contribution in [0.25, 0.3) is 10.6 Å². The summed E-state index contributed by atoms with van der Waals surface area (Å²) in [5.74, 6) is -0.304. The fourth-order valence-corrected chi connectivity index (χ4v) is 2.85. The molecule has 0 bridgehead atoms. The lowest BCUT2D eigenvalue weighted by molar-refractivity contribution is 0.628. The largest absolute Gasteiger partial charge is 0.241 e. The van der Waals surface area contributed by atoms with Crippen LogP contribution in [0.4, 0.5) is 10.1 Å². The highest BCUT2D eigenvalue weighted by Gasteiger charge is 2.05. The Kier molecular flexibility index (Phi) is 3.86. The predicted octanol–water partition coefficient (Wildman–Crippen LogP) is 4.17. The zero-order chi connectivity index (χ0) is 14.8. The third-order valence-corrected chi connectivity index (χ3v) is 4.13. The summed E-state index contributed by atoms with van der Waals surface area (Å²) in [7, 11) is 1.81. The van der Waals surface area contributed by atoms with Crippen molar-refractivity contribution in [3.05, 3.63) is 64.2 Å². The summed E-state index contributed by atoms with van der Waals surface area (Å²) in [4.78, 5) is 5.12. The van der Waals surface area contributed by atoms with Gasteiger partial charge in [0, 0.05) is 17.6 Å². The molecule has 2 aromatic carbocycles. The van der Waals surface area contributed by atoms with E-state index in [0.717, 1.165) is 10.6 Å². The molecule has 0 atom stereocenters. The Morgan fingerprint density at radius 1 is 1.19 bits per heavy atom. The summed E-state index contributed by atoms with van der Waals surface area (Å²) >= 11 is 7.32. The van der Waals surface area contributed by atoms with Gasteiger partial charge < -0.3 is 0 Å². The number of halogens is 2. The molecule has 6 heteroatoms. The smallest absolute Gasteiger partial charge is 0.208 e. The molecule has 1 heterocycles. The van der Waals surface area contributed by atoms with Crippen LogP contribution in [0.3, 0.4) is 0 Å². The minimum atomic E-state index is -0.304. The van der Waals surface area contributed by atoms with Crippen LogP contribution >= 0.6 is 22.9 Å². The summed E-state index contributed by atoms with van der Waals surface area (Å²) in [6.45, 7) is 0. The molecule has 0 fully saturated rings. The van der Waals surface area contributed by atoms with Crippen molar-refractivity contribution in [1.29, 1.82) is 0 Å². The van der Waals surface area contributed by atoms with E-state index < -0.39 is 0 Å². The average Bonchev–Trinajstić information content (AvgIpc) is 2.81. The Labute approximate surface area is 130 Å². The van der Waals surface area contributed by atoms with Gasteiger partial charge in [-0.05, 0) is 30.3 Å². The van der Waals surface area contributed by atoms with Crippen molar-refractivity contribution in [2.24, 2.45) is 12.0 Å². The van der Waals surface area contributed by atoms with E-state index in [-0.39, 0.29) is 5.82 Å². The Hall–Kier alpha value is -1.98. The third kappa shape index (κ3) is 3.20. The maximum atomic E-state index is 13.2. The van der Waals surface area contributed by atoms with Crippen molar-refractivity contribution in [2.45, 2.75) is 0 Å². The number of hydrogen-bond acceptors (Lipinski definition) is 3. The van der Waals surface area contributed by atoms with Gasteiger partial charge >= 0.3 is 0 Å². The molecular weight excluding hydrogens is 309 g/mol. The molecule has 106 valence electrons. The van der Waals surface area contributed by atoms with Crippen LogP contribution in [-0.4, -0.2) is 9.78 Å². The van der Waals surface area contributed by atoms with E-state index in [1.54, 1.807) is 16.8 Å². The van der Waals surface area contributed by atoms with Crippen molar-refractivity contribution in [3.8, 4) is 10.6 Å². The molecule has 0 saturated carbocycles. The first-order valence-corrected chi connectivity index (χ1v) is 7.42. The van der Waals surface area contributed by atoms with Crippen LogP contribution in [0, 0.1) is 5.82 Å². The van der Waals surface area contributed by atoms with E-state index in [1.165, 1.54) is 23.5 Å². The van der Waals surface area contributed by atoms with Gasteiger partial charge in [0.25, 0.3) is 0 Å². The van der Waals surface area contributed by atoms with Crippen LogP contribution in [-0.2, 0) is 7.05 Å². The van der Waals surface area contributed by atoms with E-state index in [0.29, 0.717) is 15.5 Å². The fourth-order valence-electron chi connectivity index (χ4n) is 1.81. The molecule has 1 aromatic heterocycles. The highest BCUT2D eigenvalue weighted by Crippen LogP contribution is 2.21. The van der Waals surface area contributed by atoms with Crippen molar-refractivity contribution >= 4 is 28.6 Å². The first kappa shape index (κ1) is 14.0. The van der Waals surface area contributed by atoms with Crippen LogP contribution in [0.1, 0.15) is 0 Å². The zero-order valence-corrected chi connectivity index (χ0v) is 12.7. The van der Waals surface area contributed by atoms with Gasteiger partial charge in [-0.15, -0.1) is 0 Å². The van der Waals surface area contributed by atoms with Gasteiger partial charge in [0.2, 0.25) is 4.80 Å². The standard InChI is InChI=1S/C15H11ClFN3S/c1-20-15(18-13-4-2-3-12(17)9-13)21-14(19-20)10-5-7-11(16)8-6-10/h2-9H,1H3/b18-15+.